The molecule has 1 atom stereocenters. The van der Waals surface area contributed by atoms with Gasteiger partial charge in [-0.05, 0) is 52.6 Å². The van der Waals surface area contributed by atoms with Gasteiger partial charge in [0.15, 0.2) is 0 Å². The molecular weight excluding hydrogens is 274 g/mol. The average molecular weight is 297 g/mol. The molecule has 1 aromatic rings. The molecule has 2 heterocycles. The molecular formula is C17H23N5. The van der Waals surface area contributed by atoms with E-state index in [4.69, 9.17) is 5.26 Å². The van der Waals surface area contributed by atoms with Gasteiger partial charge in [-0.1, -0.05) is 6.08 Å². The van der Waals surface area contributed by atoms with Crippen LogP contribution in [0.25, 0.3) is 5.70 Å². The third-order valence-electron chi connectivity index (χ3n) is 4.04. The largest absolute Gasteiger partial charge is 0.335 e. The second kappa shape index (κ2) is 7.71. The minimum Gasteiger partial charge on any atom is -0.335 e. The van der Waals surface area contributed by atoms with Gasteiger partial charge in [-0.2, -0.15) is 5.26 Å². The van der Waals surface area contributed by atoms with E-state index in [0.717, 1.165) is 12.2 Å². The van der Waals surface area contributed by atoms with Crippen LogP contribution in [-0.4, -0.2) is 40.3 Å². The number of aliphatic imine (C=N–C) groups is 1. The monoisotopic (exact) mass is 297 g/mol. The number of nitrogens with zero attached hydrogens (tertiary/aromatic N) is 5. The normalized spacial score (nSPS) is 18.2. The zero-order valence-corrected chi connectivity index (χ0v) is 13.4. The summed E-state index contributed by atoms with van der Waals surface area (Å²) in [6, 6.07) is 2.62. The van der Waals surface area contributed by atoms with Crippen molar-refractivity contribution in [2.75, 3.05) is 13.1 Å². The van der Waals surface area contributed by atoms with E-state index < -0.39 is 0 Å². The Hall–Kier alpha value is -2.19. The van der Waals surface area contributed by atoms with E-state index >= 15 is 0 Å². The van der Waals surface area contributed by atoms with Gasteiger partial charge in [0, 0.05) is 24.4 Å². The molecule has 0 amide bonds. The molecule has 5 heteroatoms. The first kappa shape index (κ1) is 16.2. The van der Waals surface area contributed by atoms with Crippen LogP contribution in [0.5, 0.6) is 0 Å². The van der Waals surface area contributed by atoms with Crippen molar-refractivity contribution in [3.63, 3.8) is 0 Å². The Bertz CT molecular complexity index is 611. The molecule has 1 saturated heterocycles. The van der Waals surface area contributed by atoms with Gasteiger partial charge in [-0.3, -0.25) is 9.89 Å². The van der Waals surface area contributed by atoms with Crippen LogP contribution >= 0.6 is 0 Å². The number of allylic oxidation sites excluding steroid dienone is 3. The Morgan fingerprint density at radius 2 is 2.27 bits per heavy atom. The van der Waals surface area contributed by atoms with Crippen LogP contribution in [0.15, 0.2) is 35.2 Å². The van der Waals surface area contributed by atoms with E-state index in [-0.39, 0.29) is 0 Å². The van der Waals surface area contributed by atoms with Crippen LogP contribution in [0.4, 0.5) is 0 Å². The summed E-state index contributed by atoms with van der Waals surface area (Å²) in [5.74, 6) is 0. The highest BCUT2D eigenvalue weighted by atomic mass is 15.2. The van der Waals surface area contributed by atoms with E-state index in [9.17, 15) is 0 Å². The Balaban J connectivity index is 2.09. The van der Waals surface area contributed by atoms with Crippen molar-refractivity contribution in [2.45, 2.75) is 39.3 Å². The molecule has 0 aromatic carbocycles. The van der Waals surface area contributed by atoms with Gasteiger partial charge in [0.05, 0.1) is 18.1 Å². The number of likely N-dealkylation sites (tertiary alicyclic amines) is 1. The Labute approximate surface area is 132 Å². The summed E-state index contributed by atoms with van der Waals surface area (Å²) in [7, 11) is 0. The number of nitriles is 1. The maximum atomic E-state index is 9.01. The zero-order valence-electron chi connectivity index (χ0n) is 13.4. The van der Waals surface area contributed by atoms with Gasteiger partial charge in [-0.15, -0.1) is 0 Å². The van der Waals surface area contributed by atoms with Crippen molar-refractivity contribution >= 4 is 12.4 Å². The van der Waals surface area contributed by atoms with Crippen molar-refractivity contribution in [3.05, 3.63) is 35.9 Å². The Morgan fingerprint density at radius 1 is 1.55 bits per heavy atom. The van der Waals surface area contributed by atoms with E-state index in [1.165, 1.54) is 25.9 Å². The fraction of sp³-hybridized carbons (Fsp3) is 0.471. The van der Waals surface area contributed by atoms with Crippen LogP contribution in [0.3, 0.4) is 0 Å². The first-order valence-electron chi connectivity index (χ1n) is 7.69. The Morgan fingerprint density at radius 3 is 2.86 bits per heavy atom. The molecule has 5 nitrogen and oxygen atoms in total. The third-order valence-corrected chi connectivity index (χ3v) is 4.04. The van der Waals surface area contributed by atoms with Crippen LogP contribution in [0.1, 0.15) is 32.4 Å². The lowest BCUT2D eigenvalue weighted by Gasteiger charge is -2.23. The number of hydrogen-bond donors (Lipinski definition) is 0. The fourth-order valence-electron chi connectivity index (χ4n) is 2.72. The van der Waals surface area contributed by atoms with Gasteiger partial charge in [0.25, 0.3) is 0 Å². The highest BCUT2D eigenvalue weighted by Crippen LogP contribution is 2.17. The quantitative estimate of drug-likeness (QED) is 0.461. The van der Waals surface area contributed by atoms with Gasteiger partial charge < -0.3 is 4.57 Å². The number of imidazole rings is 1. The molecule has 1 fully saturated rings. The minimum atomic E-state index is 0.499. The molecule has 0 bridgehead atoms. The molecule has 0 saturated carbocycles. The van der Waals surface area contributed by atoms with Crippen LogP contribution < -0.4 is 0 Å². The molecule has 0 aliphatic carbocycles. The molecule has 1 aromatic heterocycles. The van der Waals surface area contributed by atoms with Crippen molar-refractivity contribution in [1.29, 1.82) is 5.26 Å². The second-order valence-corrected chi connectivity index (χ2v) is 5.59. The molecule has 1 unspecified atom stereocenters. The van der Waals surface area contributed by atoms with Crippen molar-refractivity contribution in [2.24, 2.45) is 4.99 Å². The minimum absolute atomic E-state index is 0.499. The number of hydrogen-bond acceptors (Lipinski definition) is 4. The maximum absolute atomic E-state index is 9.01. The van der Waals surface area contributed by atoms with E-state index in [1.807, 2.05) is 19.4 Å². The molecule has 1 aliphatic rings. The summed E-state index contributed by atoms with van der Waals surface area (Å²) >= 11 is 0. The van der Waals surface area contributed by atoms with E-state index in [1.54, 1.807) is 12.2 Å². The molecule has 2 rings (SSSR count). The number of rotatable bonds is 6. The third kappa shape index (κ3) is 3.92. The lowest BCUT2D eigenvalue weighted by Crippen LogP contribution is -2.33. The number of aromatic nitrogens is 2. The van der Waals surface area contributed by atoms with E-state index in [0.29, 0.717) is 17.3 Å². The average Bonchev–Trinajstić information content (AvgIpc) is 3.20. The van der Waals surface area contributed by atoms with Crippen LogP contribution in [0, 0.1) is 11.3 Å². The molecule has 0 radical (unpaired) electrons. The summed E-state index contributed by atoms with van der Waals surface area (Å²) in [6.45, 7) is 10.9. The summed E-state index contributed by atoms with van der Waals surface area (Å²) in [4.78, 5) is 10.9. The van der Waals surface area contributed by atoms with Gasteiger partial charge in [0.1, 0.15) is 5.69 Å². The highest BCUT2D eigenvalue weighted by Gasteiger charge is 2.18. The molecule has 22 heavy (non-hydrogen) atoms. The molecule has 1 aliphatic heterocycles. The second-order valence-electron chi connectivity index (χ2n) is 5.59. The summed E-state index contributed by atoms with van der Waals surface area (Å²) in [6.07, 6.45) is 9.85. The lowest BCUT2D eigenvalue weighted by atomic mass is 10.2. The van der Waals surface area contributed by atoms with Gasteiger partial charge in [0.2, 0.25) is 0 Å². The topological polar surface area (TPSA) is 57.2 Å². The molecule has 0 spiro atoms. The van der Waals surface area contributed by atoms with Crippen LogP contribution in [-0.2, 0) is 6.54 Å². The summed E-state index contributed by atoms with van der Waals surface area (Å²) in [5.41, 5.74) is 1.93. The van der Waals surface area contributed by atoms with Crippen LogP contribution in [0.2, 0.25) is 0 Å². The molecule has 116 valence electrons. The first-order valence-corrected chi connectivity index (χ1v) is 7.69. The zero-order chi connectivity index (χ0) is 15.9. The van der Waals surface area contributed by atoms with E-state index in [2.05, 4.69) is 39.2 Å². The van der Waals surface area contributed by atoms with Gasteiger partial charge in [-0.25, -0.2) is 4.98 Å². The Kier molecular flexibility index (Phi) is 5.68. The smallest absolute Gasteiger partial charge is 0.107 e. The van der Waals surface area contributed by atoms with Crippen molar-refractivity contribution in [3.8, 4) is 6.07 Å². The standard InChI is InChI=1S/C17H23N5/c1-4-15(10-18)9-16(19-3)17-12-21(13-20-17)11-14(2)22-7-5-6-8-22/h4,9,12-14H,3,5-8,11H2,1-2H3/b15-4+,16-9-. The highest BCUT2D eigenvalue weighted by molar-refractivity contribution is 5.68. The fourth-order valence-corrected chi connectivity index (χ4v) is 2.72. The summed E-state index contributed by atoms with van der Waals surface area (Å²) in [5, 5.41) is 9.01. The lowest BCUT2D eigenvalue weighted by molar-refractivity contribution is 0.235. The molecule has 0 N–H and O–H groups in total. The maximum Gasteiger partial charge on any atom is 0.107 e. The van der Waals surface area contributed by atoms with Crippen molar-refractivity contribution < 1.29 is 0 Å². The predicted molar refractivity (Wildman–Crippen MR) is 89.4 cm³/mol. The summed E-state index contributed by atoms with van der Waals surface area (Å²) < 4.78 is 2.08. The first-order chi connectivity index (χ1) is 10.7. The predicted octanol–water partition coefficient (Wildman–Crippen LogP) is 2.88. The SMILES string of the molecule is C=N/C(=C\C(C#N)=C/C)c1cn(CC(C)N2CCCC2)cn1. The van der Waals surface area contributed by atoms with Gasteiger partial charge >= 0.3 is 0 Å². The van der Waals surface area contributed by atoms with Crippen molar-refractivity contribution in [1.82, 2.24) is 14.5 Å².